The predicted molar refractivity (Wildman–Crippen MR) is 111 cm³/mol. The van der Waals surface area contributed by atoms with Gasteiger partial charge in [-0.1, -0.05) is 70.8 Å². The number of aromatic nitrogens is 5. The molecule has 7 nitrogen and oxygen atoms in total. The molecule has 0 aliphatic heterocycles. The minimum atomic E-state index is -0.180. The van der Waals surface area contributed by atoms with Crippen LogP contribution in [-0.2, 0) is 17.8 Å². The van der Waals surface area contributed by atoms with Crippen molar-refractivity contribution in [3.8, 4) is 0 Å². The van der Waals surface area contributed by atoms with E-state index in [0.29, 0.717) is 11.6 Å². The Bertz CT molecular complexity index is 700. The normalized spacial score (nSPS) is 10.9. The van der Waals surface area contributed by atoms with Crippen molar-refractivity contribution in [2.75, 3.05) is 5.32 Å². The Hall–Kier alpha value is -2.31. The highest BCUT2D eigenvalue weighted by Gasteiger charge is 2.11. The summed E-state index contributed by atoms with van der Waals surface area (Å²) in [6, 6.07) is 3.75. The largest absolute Gasteiger partial charge is 0.310 e. The second kappa shape index (κ2) is 13.0. The van der Waals surface area contributed by atoms with E-state index in [2.05, 4.69) is 32.6 Å². The summed E-state index contributed by atoms with van der Waals surface area (Å²) in [5, 5.41) is 15.1. The lowest BCUT2D eigenvalue weighted by molar-refractivity contribution is -0.115. The molecule has 0 aliphatic carbocycles. The van der Waals surface area contributed by atoms with Crippen LogP contribution in [0.15, 0.2) is 18.3 Å². The molecule has 1 N–H and O–H groups in total. The molecule has 1 amide bonds. The molecule has 2 aromatic rings. The number of anilines is 1. The van der Waals surface area contributed by atoms with Crippen LogP contribution in [0.4, 0.5) is 5.82 Å². The summed E-state index contributed by atoms with van der Waals surface area (Å²) in [6.07, 6.45) is 14.7. The van der Waals surface area contributed by atoms with E-state index in [1.165, 1.54) is 57.8 Å². The maximum Gasteiger partial charge on any atom is 0.233 e. The third-order valence-electron chi connectivity index (χ3n) is 4.79. The van der Waals surface area contributed by atoms with Crippen LogP contribution < -0.4 is 5.32 Å². The summed E-state index contributed by atoms with van der Waals surface area (Å²) in [5.41, 5.74) is 0.924. The number of carbonyl (C=O) groups excluding carboxylic acids is 1. The lowest BCUT2D eigenvalue weighted by atomic mass is 10.1. The lowest BCUT2D eigenvalue weighted by Crippen LogP contribution is -2.17. The number of aryl methyl sites for hydroxylation is 2. The Balaban J connectivity index is 1.57. The van der Waals surface area contributed by atoms with Crippen molar-refractivity contribution >= 4 is 11.7 Å². The second-order valence-corrected chi connectivity index (χ2v) is 7.38. The molecule has 2 rings (SSSR count). The molecule has 28 heavy (non-hydrogen) atoms. The van der Waals surface area contributed by atoms with Gasteiger partial charge in [-0.25, -0.2) is 4.98 Å². The third kappa shape index (κ3) is 8.59. The number of pyridine rings is 1. The number of carbonyl (C=O) groups is 1. The highest BCUT2D eigenvalue weighted by atomic mass is 16.1. The summed E-state index contributed by atoms with van der Waals surface area (Å²) in [7, 11) is 0. The number of hydrogen-bond acceptors (Lipinski definition) is 5. The third-order valence-corrected chi connectivity index (χ3v) is 4.79. The van der Waals surface area contributed by atoms with Crippen molar-refractivity contribution < 1.29 is 4.79 Å². The molecule has 0 radical (unpaired) electrons. The van der Waals surface area contributed by atoms with Gasteiger partial charge in [-0.3, -0.25) is 4.79 Å². The van der Waals surface area contributed by atoms with Gasteiger partial charge in [0, 0.05) is 6.20 Å². The van der Waals surface area contributed by atoms with E-state index in [1.807, 2.05) is 19.1 Å². The molecule has 0 unspecified atom stereocenters. The molecule has 0 bridgehead atoms. The summed E-state index contributed by atoms with van der Waals surface area (Å²) >= 11 is 0. The number of tetrazole rings is 1. The highest BCUT2D eigenvalue weighted by molar-refractivity contribution is 5.91. The maximum atomic E-state index is 12.1. The molecule has 0 spiro atoms. The Labute approximate surface area is 168 Å². The standard InChI is InChI=1S/C21H34N6O/c1-3-4-5-6-7-8-9-10-11-12-16-27-25-19(24-26-27)17-20(28)23-21-18(2)14-13-15-22-21/h13-15H,3-12,16-17H2,1-2H3,(H,22,23,28). The Morgan fingerprint density at radius 1 is 1.04 bits per heavy atom. The first-order valence-corrected chi connectivity index (χ1v) is 10.7. The average Bonchev–Trinajstić information content (AvgIpc) is 3.12. The molecule has 154 valence electrons. The fourth-order valence-electron chi connectivity index (χ4n) is 3.12. The van der Waals surface area contributed by atoms with Crippen molar-refractivity contribution in [1.82, 2.24) is 25.2 Å². The minimum absolute atomic E-state index is 0.105. The predicted octanol–water partition coefficient (Wildman–Crippen LogP) is 4.48. The fraction of sp³-hybridized carbons (Fsp3) is 0.667. The van der Waals surface area contributed by atoms with Gasteiger partial charge >= 0.3 is 0 Å². The zero-order valence-corrected chi connectivity index (χ0v) is 17.4. The molecule has 0 fully saturated rings. The Morgan fingerprint density at radius 3 is 2.39 bits per heavy atom. The zero-order chi connectivity index (χ0) is 20.0. The summed E-state index contributed by atoms with van der Waals surface area (Å²) in [4.78, 5) is 17.9. The van der Waals surface area contributed by atoms with Gasteiger partial charge in [-0.15, -0.1) is 10.2 Å². The SMILES string of the molecule is CCCCCCCCCCCCn1nnc(CC(=O)Nc2ncccc2C)n1. The topological polar surface area (TPSA) is 85.6 Å². The van der Waals surface area contributed by atoms with Gasteiger partial charge < -0.3 is 5.32 Å². The van der Waals surface area contributed by atoms with Crippen molar-refractivity contribution in [3.63, 3.8) is 0 Å². The summed E-state index contributed by atoms with van der Waals surface area (Å²) in [6.45, 7) is 4.92. The van der Waals surface area contributed by atoms with Gasteiger partial charge in [0.05, 0.1) is 13.0 Å². The molecule has 0 atom stereocenters. The first kappa shape index (κ1) is 22.0. The average molecular weight is 387 g/mol. The molecular weight excluding hydrogens is 352 g/mol. The van der Waals surface area contributed by atoms with E-state index >= 15 is 0 Å². The molecular formula is C21H34N6O. The number of nitrogens with zero attached hydrogens (tertiary/aromatic N) is 5. The summed E-state index contributed by atoms with van der Waals surface area (Å²) < 4.78 is 0. The van der Waals surface area contributed by atoms with Crippen LogP contribution in [0.2, 0.25) is 0 Å². The van der Waals surface area contributed by atoms with Gasteiger partial charge in [0.1, 0.15) is 5.82 Å². The van der Waals surface area contributed by atoms with Crippen LogP contribution >= 0.6 is 0 Å². The second-order valence-electron chi connectivity index (χ2n) is 7.38. The van der Waals surface area contributed by atoms with Crippen molar-refractivity contribution in [3.05, 3.63) is 29.7 Å². The van der Waals surface area contributed by atoms with E-state index in [1.54, 1.807) is 11.0 Å². The van der Waals surface area contributed by atoms with Gasteiger partial charge in [0.2, 0.25) is 5.91 Å². The number of hydrogen-bond donors (Lipinski definition) is 1. The Kier molecular flexibility index (Phi) is 10.2. The monoisotopic (exact) mass is 386 g/mol. The molecule has 7 heteroatoms. The molecule has 0 aliphatic rings. The lowest BCUT2D eigenvalue weighted by Gasteiger charge is -2.05. The van der Waals surface area contributed by atoms with Crippen LogP contribution in [0.1, 0.15) is 82.5 Å². The van der Waals surface area contributed by atoms with Crippen LogP contribution in [0, 0.1) is 6.92 Å². The van der Waals surface area contributed by atoms with Crippen molar-refractivity contribution in [1.29, 1.82) is 0 Å². The van der Waals surface area contributed by atoms with Gasteiger partial charge in [0.25, 0.3) is 0 Å². The fourth-order valence-corrected chi connectivity index (χ4v) is 3.12. The maximum absolute atomic E-state index is 12.1. The minimum Gasteiger partial charge on any atom is -0.310 e. The van der Waals surface area contributed by atoms with Gasteiger partial charge in [-0.2, -0.15) is 4.80 Å². The number of amides is 1. The first-order chi connectivity index (χ1) is 13.7. The number of unbranched alkanes of at least 4 members (excludes halogenated alkanes) is 9. The van der Waals surface area contributed by atoms with E-state index in [9.17, 15) is 4.79 Å². The van der Waals surface area contributed by atoms with Crippen molar-refractivity contribution in [2.45, 2.75) is 91.0 Å². The Morgan fingerprint density at radius 2 is 1.71 bits per heavy atom. The number of rotatable bonds is 14. The molecule has 0 aromatic carbocycles. The van der Waals surface area contributed by atoms with Gasteiger partial charge in [0.15, 0.2) is 5.82 Å². The molecule has 2 heterocycles. The van der Waals surface area contributed by atoms with E-state index in [-0.39, 0.29) is 12.3 Å². The first-order valence-electron chi connectivity index (χ1n) is 10.7. The highest BCUT2D eigenvalue weighted by Crippen LogP contribution is 2.11. The van der Waals surface area contributed by atoms with Crippen LogP contribution in [-0.4, -0.2) is 31.1 Å². The quantitative estimate of drug-likeness (QED) is 0.484. The van der Waals surface area contributed by atoms with Crippen molar-refractivity contribution in [2.24, 2.45) is 0 Å². The molecule has 2 aromatic heterocycles. The summed E-state index contributed by atoms with van der Waals surface area (Å²) in [5.74, 6) is 0.837. The van der Waals surface area contributed by atoms with E-state index in [0.717, 1.165) is 18.5 Å². The van der Waals surface area contributed by atoms with Gasteiger partial charge in [-0.05, 0) is 30.2 Å². The molecule has 0 saturated heterocycles. The van der Waals surface area contributed by atoms with Crippen LogP contribution in [0.25, 0.3) is 0 Å². The zero-order valence-electron chi connectivity index (χ0n) is 17.4. The number of nitrogens with one attached hydrogen (secondary N) is 1. The van der Waals surface area contributed by atoms with Crippen LogP contribution in [0.3, 0.4) is 0 Å². The van der Waals surface area contributed by atoms with Crippen LogP contribution in [0.5, 0.6) is 0 Å². The van der Waals surface area contributed by atoms with E-state index in [4.69, 9.17) is 0 Å². The molecule has 0 saturated carbocycles. The smallest absolute Gasteiger partial charge is 0.233 e. The van der Waals surface area contributed by atoms with E-state index < -0.39 is 0 Å².